The predicted molar refractivity (Wildman–Crippen MR) is 76.8 cm³/mol. The summed E-state index contributed by atoms with van der Waals surface area (Å²) in [6.45, 7) is 4.09. The normalized spacial score (nSPS) is 16.0. The van der Waals surface area contributed by atoms with Gasteiger partial charge < -0.3 is 9.64 Å². The summed E-state index contributed by atoms with van der Waals surface area (Å²) < 4.78 is 5.46. The average molecular weight is 313 g/mol. The fourth-order valence-electron chi connectivity index (χ4n) is 1.76. The molecule has 1 aliphatic heterocycles. The monoisotopic (exact) mass is 312 g/mol. The van der Waals surface area contributed by atoms with Crippen molar-refractivity contribution in [2.75, 3.05) is 13.1 Å². The molecule has 1 aliphatic rings. The Bertz CT molecular complexity index is 514. The second-order valence-corrected chi connectivity index (χ2v) is 5.28. The lowest BCUT2D eigenvalue weighted by atomic mass is 10.2. The predicted octanol–water partition coefficient (Wildman–Crippen LogP) is 1.39. The van der Waals surface area contributed by atoms with E-state index in [9.17, 15) is 9.59 Å². The van der Waals surface area contributed by atoms with Gasteiger partial charge in [0, 0.05) is 11.9 Å². The van der Waals surface area contributed by atoms with Crippen LogP contribution in [0.1, 0.15) is 13.8 Å². The fourth-order valence-corrected chi connectivity index (χ4v) is 1.89. The lowest BCUT2D eigenvalue weighted by Crippen LogP contribution is -2.56. The Balaban J connectivity index is 1.71. The molecule has 0 spiro atoms. The zero-order valence-electron chi connectivity index (χ0n) is 11.8. The number of halogens is 1. The van der Waals surface area contributed by atoms with Crippen LogP contribution < -0.4 is 10.2 Å². The maximum Gasteiger partial charge on any atom is 0.284 e. The highest BCUT2D eigenvalue weighted by atomic mass is 35.5. The third kappa shape index (κ3) is 4.34. The maximum absolute atomic E-state index is 11.8. The first-order chi connectivity index (χ1) is 9.95. The van der Waals surface area contributed by atoms with E-state index in [1.807, 2.05) is 0 Å². The smallest absolute Gasteiger partial charge is 0.284 e. The first-order valence-electron chi connectivity index (χ1n) is 6.59. The van der Waals surface area contributed by atoms with Gasteiger partial charge in [0.25, 0.3) is 5.91 Å². The summed E-state index contributed by atoms with van der Waals surface area (Å²) in [4.78, 5) is 29.6. The molecule has 2 rings (SSSR count). The molecule has 2 amide bonds. The summed E-state index contributed by atoms with van der Waals surface area (Å²) in [7, 11) is 0. The van der Waals surface area contributed by atoms with Gasteiger partial charge in [-0.3, -0.25) is 14.4 Å². The molecule has 1 saturated heterocycles. The van der Waals surface area contributed by atoms with Crippen LogP contribution in [0, 0.1) is 0 Å². The number of carbonyl (C=O) groups is 2. The van der Waals surface area contributed by atoms with Crippen LogP contribution in [0.4, 0.5) is 0 Å². The molecule has 0 saturated carbocycles. The van der Waals surface area contributed by atoms with Crippen LogP contribution in [0.25, 0.3) is 0 Å². The van der Waals surface area contributed by atoms with Crippen molar-refractivity contribution in [1.82, 2.24) is 10.4 Å². The van der Waals surface area contributed by atoms with Gasteiger partial charge in [-0.05, 0) is 31.2 Å². The Morgan fingerprint density at radius 2 is 1.95 bits per heavy atom. The Labute approximate surface area is 127 Å². The van der Waals surface area contributed by atoms with Crippen LogP contribution >= 0.6 is 11.6 Å². The summed E-state index contributed by atoms with van der Waals surface area (Å²) in [5.41, 5.74) is 2.35. The highest BCUT2D eigenvalue weighted by molar-refractivity contribution is 6.30. The van der Waals surface area contributed by atoms with Gasteiger partial charge in [0.05, 0.1) is 13.1 Å². The number of rotatable bonds is 5. The first kappa shape index (κ1) is 15.6. The van der Waals surface area contributed by atoms with Gasteiger partial charge in [-0.15, -0.1) is 0 Å². The van der Waals surface area contributed by atoms with E-state index in [4.69, 9.17) is 21.2 Å². The summed E-state index contributed by atoms with van der Waals surface area (Å²) in [6, 6.07) is 6.73. The molecule has 1 heterocycles. The van der Waals surface area contributed by atoms with Crippen molar-refractivity contribution in [2.45, 2.75) is 26.1 Å². The minimum atomic E-state index is -0.699. The van der Waals surface area contributed by atoms with Crippen LogP contribution in [0.5, 0.6) is 5.75 Å². The molecular formula is C14H17ClN2O4. The SMILES string of the molecule is CC(=O)N1CC(ONC(=O)[C@H](C)Oc2ccc(Cl)cc2)C1. The van der Waals surface area contributed by atoms with Crippen molar-refractivity contribution >= 4 is 23.4 Å². The Morgan fingerprint density at radius 1 is 1.33 bits per heavy atom. The fraction of sp³-hybridized carbons (Fsp3) is 0.429. The van der Waals surface area contributed by atoms with E-state index in [0.717, 1.165) is 0 Å². The number of hydrogen-bond acceptors (Lipinski definition) is 4. The lowest BCUT2D eigenvalue weighted by molar-refractivity contribution is -0.161. The minimum absolute atomic E-state index is 0.000571. The molecule has 0 radical (unpaired) electrons. The topological polar surface area (TPSA) is 67.9 Å². The van der Waals surface area contributed by atoms with Crippen molar-refractivity contribution in [1.29, 1.82) is 0 Å². The van der Waals surface area contributed by atoms with E-state index in [1.54, 1.807) is 36.1 Å². The molecule has 1 fully saturated rings. The number of ether oxygens (including phenoxy) is 1. The van der Waals surface area contributed by atoms with E-state index < -0.39 is 6.10 Å². The number of amides is 2. The first-order valence-corrected chi connectivity index (χ1v) is 6.96. The Kier molecular flexibility index (Phi) is 5.03. The molecule has 0 aliphatic carbocycles. The van der Waals surface area contributed by atoms with E-state index in [0.29, 0.717) is 23.9 Å². The number of nitrogens with zero attached hydrogens (tertiary/aromatic N) is 1. The van der Waals surface area contributed by atoms with Crippen molar-refractivity contribution in [3.8, 4) is 5.75 Å². The molecule has 1 aromatic carbocycles. The van der Waals surface area contributed by atoms with Crippen LogP contribution in [-0.4, -0.2) is 42.0 Å². The molecule has 1 N–H and O–H groups in total. The minimum Gasteiger partial charge on any atom is -0.481 e. The van der Waals surface area contributed by atoms with Crippen molar-refractivity contribution in [3.05, 3.63) is 29.3 Å². The molecular weight excluding hydrogens is 296 g/mol. The zero-order chi connectivity index (χ0) is 15.4. The highest BCUT2D eigenvalue weighted by Gasteiger charge is 2.30. The molecule has 7 heteroatoms. The van der Waals surface area contributed by atoms with E-state index in [-0.39, 0.29) is 17.9 Å². The number of likely N-dealkylation sites (tertiary alicyclic amines) is 1. The van der Waals surface area contributed by atoms with Crippen LogP contribution in [0.2, 0.25) is 5.02 Å². The highest BCUT2D eigenvalue weighted by Crippen LogP contribution is 2.17. The molecule has 0 aromatic heterocycles. The summed E-state index contributed by atoms with van der Waals surface area (Å²) >= 11 is 5.77. The number of carbonyl (C=O) groups excluding carboxylic acids is 2. The lowest BCUT2D eigenvalue weighted by Gasteiger charge is -2.37. The van der Waals surface area contributed by atoms with Gasteiger partial charge in [0.15, 0.2) is 6.10 Å². The molecule has 6 nitrogen and oxygen atoms in total. The molecule has 114 valence electrons. The second kappa shape index (κ2) is 6.78. The number of hydroxylamine groups is 1. The van der Waals surface area contributed by atoms with Crippen molar-refractivity contribution < 1.29 is 19.2 Å². The third-order valence-corrected chi connectivity index (χ3v) is 3.37. The average Bonchev–Trinajstić information content (AvgIpc) is 2.38. The molecule has 0 bridgehead atoms. The van der Waals surface area contributed by atoms with Crippen LogP contribution in [0.15, 0.2) is 24.3 Å². The zero-order valence-corrected chi connectivity index (χ0v) is 12.6. The largest absolute Gasteiger partial charge is 0.481 e. The molecule has 1 atom stereocenters. The summed E-state index contributed by atoms with van der Waals surface area (Å²) in [5, 5.41) is 0.600. The van der Waals surface area contributed by atoms with Crippen molar-refractivity contribution in [2.24, 2.45) is 0 Å². The van der Waals surface area contributed by atoms with Gasteiger partial charge in [-0.25, -0.2) is 5.48 Å². The number of hydrogen-bond donors (Lipinski definition) is 1. The van der Waals surface area contributed by atoms with Crippen LogP contribution in [0.3, 0.4) is 0 Å². The molecule has 1 aromatic rings. The third-order valence-electron chi connectivity index (χ3n) is 3.12. The van der Waals surface area contributed by atoms with Crippen molar-refractivity contribution in [3.63, 3.8) is 0 Å². The van der Waals surface area contributed by atoms with E-state index in [2.05, 4.69) is 5.48 Å². The molecule has 0 unspecified atom stereocenters. The quantitative estimate of drug-likeness (QED) is 0.834. The van der Waals surface area contributed by atoms with E-state index in [1.165, 1.54) is 6.92 Å². The van der Waals surface area contributed by atoms with Crippen LogP contribution in [-0.2, 0) is 14.4 Å². The molecule has 21 heavy (non-hydrogen) atoms. The maximum atomic E-state index is 11.8. The number of nitrogens with one attached hydrogen (secondary N) is 1. The Morgan fingerprint density at radius 3 is 2.52 bits per heavy atom. The standard InChI is InChI=1S/C14H17ClN2O4/c1-9(20-12-5-3-11(15)4-6-12)14(19)16-21-13-7-17(8-13)10(2)18/h3-6,9,13H,7-8H2,1-2H3,(H,16,19)/t9-/m0/s1. The Hall–Kier alpha value is -1.79. The summed E-state index contributed by atoms with van der Waals surface area (Å²) in [6.07, 6.45) is -0.865. The second-order valence-electron chi connectivity index (χ2n) is 4.84. The van der Waals surface area contributed by atoms with Gasteiger partial charge in [0.2, 0.25) is 5.91 Å². The van der Waals surface area contributed by atoms with Gasteiger partial charge in [0.1, 0.15) is 11.9 Å². The van der Waals surface area contributed by atoms with Gasteiger partial charge >= 0.3 is 0 Å². The number of benzene rings is 1. The summed E-state index contributed by atoms with van der Waals surface area (Å²) in [5.74, 6) is 0.167. The van der Waals surface area contributed by atoms with Gasteiger partial charge in [-0.2, -0.15) is 0 Å². The van der Waals surface area contributed by atoms with E-state index >= 15 is 0 Å². The van der Waals surface area contributed by atoms with Gasteiger partial charge in [-0.1, -0.05) is 11.6 Å².